The Balaban J connectivity index is 2.68. The molecule has 5 heteroatoms. The quantitative estimate of drug-likeness (QED) is 0.799. The number of hydrogen-bond donors (Lipinski definition) is 2. The van der Waals surface area contributed by atoms with Gasteiger partial charge in [-0.05, 0) is 18.9 Å². The predicted molar refractivity (Wildman–Crippen MR) is 78.9 cm³/mol. The number of methoxy groups -OCH3 is 1. The molecule has 0 spiro atoms. The average molecular weight is 280 g/mol. The first-order valence-electron chi connectivity index (χ1n) is 6.77. The SMILES string of the molecule is COc1ccc([C@@H](C)N)c(OCC(=O)NCC(C)C)c1. The lowest BCUT2D eigenvalue weighted by molar-refractivity contribution is -0.123. The van der Waals surface area contributed by atoms with Crippen LogP contribution in [0.2, 0.25) is 0 Å². The molecule has 0 fully saturated rings. The van der Waals surface area contributed by atoms with Crippen LogP contribution in [0, 0.1) is 5.92 Å². The summed E-state index contributed by atoms with van der Waals surface area (Å²) in [6.07, 6.45) is 0. The molecule has 0 radical (unpaired) electrons. The lowest BCUT2D eigenvalue weighted by Gasteiger charge is -2.15. The summed E-state index contributed by atoms with van der Waals surface area (Å²) in [7, 11) is 1.58. The topological polar surface area (TPSA) is 73.6 Å². The Morgan fingerprint density at radius 1 is 1.35 bits per heavy atom. The van der Waals surface area contributed by atoms with E-state index in [9.17, 15) is 4.79 Å². The van der Waals surface area contributed by atoms with E-state index >= 15 is 0 Å². The summed E-state index contributed by atoms with van der Waals surface area (Å²) in [5, 5.41) is 2.80. The van der Waals surface area contributed by atoms with Gasteiger partial charge in [-0.1, -0.05) is 19.9 Å². The zero-order valence-electron chi connectivity index (χ0n) is 12.6. The lowest BCUT2D eigenvalue weighted by atomic mass is 10.1. The molecule has 1 aromatic rings. The number of amides is 1. The maximum absolute atomic E-state index is 11.7. The van der Waals surface area contributed by atoms with Crippen LogP contribution in [-0.2, 0) is 4.79 Å². The summed E-state index contributed by atoms with van der Waals surface area (Å²) in [6, 6.07) is 5.25. The van der Waals surface area contributed by atoms with E-state index in [1.165, 1.54) is 0 Å². The van der Waals surface area contributed by atoms with E-state index in [4.69, 9.17) is 15.2 Å². The minimum absolute atomic E-state index is 0.0282. The first kappa shape index (κ1) is 16.3. The number of nitrogens with one attached hydrogen (secondary N) is 1. The van der Waals surface area contributed by atoms with Gasteiger partial charge in [0, 0.05) is 24.2 Å². The minimum Gasteiger partial charge on any atom is -0.497 e. The van der Waals surface area contributed by atoms with Crippen molar-refractivity contribution in [2.45, 2.75) is 26.8 Å². The highest BCUT2D eigenvalue weighted by atomic mass is 16.5. The van der Waals surface area contributed by atoms with E-state index in [0.29, 0.717) is 24.0 Å². The molecule has 0 aliphatic rings. The molecule has 0 bridgehead atoms. The van der Waals surface area contributed by atoms with Crippen molar-refractivity contribution in [1.82, 2.24) is 5.32 Å². The smallest absolute Gasteiger partial charge is 0.257 e. The van der Waals surface area contributed by atoms with Crippen LogP contribution in [0.3, 0.4) is 0 Å². The molecule has 0 aliphatic heterocycles. The summed E-state index contributed by atoms with van der Waals surface area (Å²) < 4.78 is 10.7. The maximum Gasteiger partial charge on any atom is 0.257 e. The Morgan fingerprint density at radius 2 is 2.05 bits per heavy atom. The zero-order valence-corrected chi connectivity index (χ0v) is 12.6. The normalized spacial score (nSPS) is 12.1. The van der Waals surface area contributed by atoms with Crippen LogP contribution in [0.1, 0.15) is 32.4 Å². The Hall–Kier alpha value is -1.75. The minimum atomic E-state index is -0.172. The number of carbonyl (C=O) groups excluding carboxylic acids is 1. The number of benzene rings is 1. The molecule has 5 nitrogen and oxygen atoms in total. The third-order valence-corrected chi connectivity index (χ3v) is 2.78. The van der Waals surface area contributed by atoms with Crippen molar-refractivity contribution in [2.75, 3.05) is 20.3 Å². The van der Waals surface area contributed by atoms with E-state index < -0.39 is 0 Å². The van der Waals surface area contributed by atoms with Gasteiger partial charge < -0.3 is 20.5 Å². The standard InChI is InChI=1S/C15H24N2O3/c1-10(2)8-17-15(18)9-20-14-7-12(19-4)5-6-13(14)11(3)16/h5-7,10-11H,8-9,16H2,1-4H3,(H,17,18)/t11-/m1/s1. The molecule has 112 valence electrons. The highest BCUT2D eigenvalue weighted by Gasteiger charge is 2.11. The van der Waals surface area contributed by atoms with Crippen molar-refractivity contribution in [2.24, 2.45) is 11.7 Å². The van der Waals surface area contributed by atoms with Crippen molar-refractivity contribution >= 4 is 5.91 Å². The van der Waals surface area contributed by atoms with Crippen LogP contribution < -0.4 is 20.5 Å². The van der Waals surface area contributed by atoms with Crippen LogP contribution in [0.15, 0.2) is 18.2 Å². The van der Waals surface area contributed by atoms with Gasteiger partial charge in [0.25, 0.3) is 5.91 Å². The van der Waals surface area contributed by atoms with Gasteiger partial charge in [-0.15, -0.1) is 0 Å². The zero-order chi connectivity index (χ0) is 15.1. The van der Waals surface area contributed by atoms with Crippen LogP contribution in [0.4, 0.5) is 0 Å². The largest absolute Gasteiger partial charge is 0.497 e. The van der Waals surface area contributed by atoms with Crippen molar-refractivity contribution < 1.29 is 14.3 Å². The molecule has 0 heterocycles. The molecule has 3 N–H and O–H groups in total. The van der Waals surface area contributed by atoms with Gasteiger partial charge in [-0.25, -0.2) is 0 Å². The van der Waals surface area contributed by atoms with Crippen LogP contribution in [0.5, 0.6) is 11.5 Å². The van der Waals surface area contributed by atoms with Crippen LogP contribution in [-0.4, -0.2) is 26.2 Å². The van der Waals surface area contributed by atoms with Crippen LogP contribution in [0.25, 0.3) is 0 Å². The third-order valence-electron chi connectivity index (χ3n) is 2.78. The fourth-order valence-corrected chi connectivity index (χ4v) is 1.66. The molecular formula is C15H24N2O3. The number of hydrogen-bond acceptors (Lipinski definition) is 4. The molecule has 1 aromatic carbocycles. The highest BCUT2D eigenvalue weighted by molar-refractivity contribution is 5.77. The first-order chi connectivity index (χ1) is 9.43. The fourth-order valence-electron chi connectivity index (χ4n) is 1.66. The molecule has 0 unspecified atom stereocenters. The number of rotatable bonds is 7. The molecule has 0 aliphatic carbocycles. The van der Waals surface area contributed by atoms with E-state index in [1.807, 2.05) is 32.9 Å². The van der Waals surface area contributed by atoms with E-state index in [-0.39, 0.29) is 18.6 Å². The van der Waals surface area contributed by atoms with E-state index in [2.05, 4.69) is 5.32 Å². The maximum atomic E-state index is 11.7. The van der Waals surface area contributed by atoms with Crippen molar-refractivity contribution in [3.63, 3.8) is 0 Å². The lowest BCUT2D eigenvalue weighted by Crippen LogP contribution is -2.31. The summed E-state index contributed by atoms with van der Waals surface area (Å²) in [6.45, 7) is 6.56. The van der Waals surface area contributed by atoms with Gasteiger partial charge in [0.2, 0.25) is 0 Å². The second-order valence-electron chi connectivity index (χ2n) is 5.18. The average Bonchev–Trinajstić information content (AvgIpc) is 2.42. The molecular weight excluding hydrogens is 256 g/mol. The van der Waals surface area contributed by atoms with Crippen molar-refractivity contribution in [3.05, 3.63) is 23.8 Å². The molecule has 0 aromatic heterocycles. The van der Waals surface area contributed by atoms with Gasteiger partial charge in [-0.3, -0.25) is 4.79 Å². The summed E-state index contributed by atoms with van der Waals surface area (Å²) in [4.78, 5) is 11.7. The molecule has 0 saturated carbocycles. The fraction of sp³-hybridized carbons (Fsp3) is 0.533. The van der Waals surface area contributed by atoms with Crippen LogP contribution >= 0.6 is 0 Å². The number of ether oxygens (including phenoxy) is 2. The number of carbonyl (C=O) groups is 1. The van der Waals surface area contributed by atoms with Crippen molar-refractivity contribution in [1.29, 1.82) is 0 Å². The second kappa shape index (κ2) is 7.75. The number of nitrogens with two attached hydrogens (primary N) is 1. The Morgan fingerprint density at radius 3 is 2.60 bits per heavy atom. The van der Waals surface area contributed by atoms with E-state index in [0.717, 1.165) is 5.56 Å². The molecule has 1 amide bonds. The monoisotopic (exact) mass is 280 g/mol. The predicted octanol–water partition coefficient (Wildman–Crippen LogP) is 1.87. The molecule has 20 heavy (non-hydrogen) atoms. The van der Waals surface area contributed by atoms with Gasteiger partial charge >= 0.3 is 0 Å². The Labute approximate surface area is 120 Å². The van der Waals surface area contributed by atoms with Crippen molar-refractivity contribution in [3.8, 4) is 11.5 Å². The van der Waals surface area contributed by atoms with Gasteiger partial charge in [0.15, 0.2) is 6.61 Å². The second-order valence-corrected chi connectivity index (χ2v) is 5.18. The summed E-state index contributed by atoms with van der Waals surface area (Å²) >= 11 is 0. The third kappa shape index (κ3) is 5.09. The highest BCUT2D eigenvalue weighted by Crippen LogP contribution is 2.28. The molecule has 0 saturated heterocycles. The summed E-state index contributed by atoms with van der Waals surface area (Å²) in [5.74, 6) is 1.53. The van der Waals surface area contributed by atoms with E-state index in [1.54, 1.807) is 13.2 Å². The Bertz CT molecular complexity index is 445. The molecule has 1 rings (SSSR count). The Kier molecular flexibility index (Phi) is 6.31. The summed E-state index contributed by atoms with van der Waals surface area (Å²) in [5.41, 5.74) is 6.74. The van der Waals surface area contributed by atoms with Gasteiger partial charge in [-0.2, -0.15) is 0 Å². The molecule has 1 atom stereocenters. The van der Waals surface area contributed by atoms with Gasteiger partial charge in [0.1, 0.15) is 11.5 Å². The van der Waals surface area contributed by atoms with Gasteiger partial charge in [0.05, 0.1) is 7.11 Å². The first-order valence-corrected chi connectivity index (χ1v) is 6.77.